The van der Waals surface area contributed by atoms with Crippen molar-refractivity contribution in [3.8, 4) is 0 Å². The lowest BCUT2D eigenvalue weighted by molar-refractivity contribution is -0.122. The minimum absolute atomic E-state index is 0. The maximum absolute atomic E-state index is 12.0. The van der Waals surface area contributed by atoms with Gasteiger partial charge in [-0.1, -0.05) is 37.6 Å². The van der Waals surface area contributed by atoms with E-state index in [1.54, 1.807) is 0 Å². The van der Waals surface area contributed by atoms with Crippen molar-refractivity contribution in [3.05, 3.63) is 34.9 Å². The molecule has 1 saturated heterocycles. The molecule has 1 aromatic rings. The van der Waals surface area contributed by atoms with E-state index in [2.05, 4.69) is 48.1 Å². The number of rotatable bonds is 6. The first kappa shape index (κ1) is 21.2. The summed E-state index contributed by atoms with van der Waals surface area (Å²) in [4.78, 5) is 16.8. The zero-order valence-corrected chi connectivity index (χ0v) is 16.4. The zero-order valence-electron chi connectivity index (χ0n) is 14.8. The number of hydrogen-bond donors (Lipinski definition) is 1. The summed E-state index contributed by atoms with van der Waals surface area (Å²) in [7, 11) is 2.15. The number of piperazine rings is 1. The summed E-state index contributed by atoms with van der Waals surface area (Å²) in [5.74, 6) is 0.515. The van der Waals surface area contributed by atoms with Crippen molar-refractivity contribution in [2.45, 2.75) is 26.3 Å². The van der Waals surface area contributed by atoms with E-state index < -0.39 is 0 Å². The molecule has 0 radical (unpaired) electrons. The van der Waals surface area contributed by atoms with Crippen LogP contribution in [0.25, 0.3) is 0 Å². The van der Waals surface area contributed by atoms with Crippen LogP contribution in [0, 0.1) is 5.92 Å². The van der Waals surface area contributed by atoms with Gasteiger partial charge in [0.25, 0.3) is 0 Å². The zero-order chi connectivity index (χ0) is 16.8. The highest BCUT2D eigenvalue weighted by atomic mass is 35.5. The third-order valence-electron chi connectivity index (χ3n) is 4.32. The molecule has 1 aliphatic heterocycles. The lowest BCUT2D eigenvalue weighted by Crippen LogP contribution is -2.48. The van der Waals surface area contributed by atoms with Gasteiger partial charge in [0, 0.05) is 44.2 Å². The van der Waals surface area contributed by atoms with Crippen LogP contribution in [0.15, 0.2) is 24.3 Å². The molecule has 1 aliphatic rings. The fourth-order valence-corrected chi connectivity index (χ4v) is 3.06. The lowest BCUT2D eigenvalue weighted by atomic mass is 10.0. The molecule has 0 saturated carbocycles. The van der Waals surface area contributed by atoms with Crippen molar-refractivity contribution in [3.63, 3.8) is 0 Å². The fraction of sp³-hybridized carbons (Fsp3) is 0.611. The predicted octanol–water partition coefficient (Wildman–Crippen LogP) is 3.21. The van der Waals surface area contributed by atoms with Gasteiger partial charge in [-0.2, -0.15) is 0 Å². The van der Waals surface area contributed by atoms with E-state index in [1.165, 1.54) is 5.56 Å². The number of amides is 1. The second kappa shape index (κ2) is 10.2. The highest BCUT2D eigenvalue weighted by molar-refractivity contribution is 6.30. The van der Waals surface area contributed by atoms with Gasteiger partial charge in [-0.15, -0.1) is 12.4 Å². The number of hydrogen-bond acceptors (Lipinski definition) is 3. The van der Waals surface area contributed by atoms with Crippen molar-refractivity contribution < 1.29 is 4.79 Å². The lowest BCUT2D eigenvalue weighted by Gasteiger charge is -2.38. The average Bonchev–Trinajstić information content (AvgIpc) is 2.50. The number of carbonyl (C=O) groups is 1. The Bertz CT molecular complexity index is 499. The molecule has 6 heteroatoms. The Morgan fingerprint density at radius 1 is 1.17 bits per heavy atom. The summed E-state index contributed by atoms with van der Waals surface area (Å²) in [5.41, 5.74) is 1.21. The Kier molecular flexibility index (Phi) is 9.06. The second-order valence-corrected chi connectivity index (χ2v) is 7.25. The van der Waals surface area contributed by atoms with Crippen LogP contribution in [0.4, 0.5) is 0 Å². The van der Waals surface area contributed by atoms with E-state index >= 15 is 0 Å². The standard InChI is InChI=1S/C18H28ClN3O.ClH/c1-14(2)12-18(23)20-13-17(15-4-6-16(19)7-5-15)22-10-8-21(3)9-11-22;/h4-7,14,17H,8-13H2,1-3H3,(H,20,23);1H. The largest absolute Gasteiger partial charge is 0.354 e. The third-order valence-corrected chi connectivity index (χ3v) is 4.57. The van der Waals surface area contributed by atoms with Crippen LogP contribution in [0.5, 0.6) is 0 Å². The minimum Gasteiger partial charge on any atom is -0.354 e. The van der Waals surface area contributed by atoms with Crippen LogP contribution in [0.2, 0.25) is 5.02 Å². The summed E-state index contributed by atoms with van der Waals surface area (Å²) >= 11 is 6.02. The summed E-state index contributed by atoms with van der Waals surface area (Å²) in [6, 6.07) is 8.20. The van der Waals surface area contributed by atoms with E-state index in [0.29, 0.717) is 18.9 Å². The van der Waals surface area contributed by atoms with Crippen LogP contribution < -0.4 is 5.32 Å². The quantitative estimate of drug-likeness (QED) is 0.831. The molecule has 0 aromatic heterocycles. The summed E-state index contributed by atoms with van der Waals surface area (Å²) in [5, 5.41) is 3.85. The molecule has 1 atom stereocenters. The minimum atomic E-state index is 0. The molecule has 0 bridgehead atoms. The first-order valence-electron chi connectivity index (χ1n) is 8.40. The summed E-state index contributed by atoms with van der Waals surface area (Å²) in [6.07, 6.45) is 0.579. The number of halogens is 2. The predicted molar refractivity (Wildman–Crippen MR) is 103 cm³/mol. The Labute approximate surface area is 156 Å². The molecule has 4 nitrogen and oxygen atoms in total. The number of nitrogens with zero attached hydrogens (tertiary/aromatic N) is 2. The van der Waals surface area contributed by atoms with Gasteiger partial charge >= 0.3 is 0 Å². The van der Waals surface area contributed by atoms with Gasteiger partial charge in [-0.05, 0) is 30.7 Å². The van der Waals surface area contributed by atoms with E-state index in [4.69, 9.17) is 11.6 Å². The third kappa shape index (κ3) is 6.60. The highest BCUT2D eigenvalue weighted by Gasteiger charge is 2.24. The molecule has 2 rings (SSSR count). The highest BCUT2D eigenvalue weighted by Crippen LogP contribution is 2.23. The number of carbonyl (C=O) groups excluding carboxylic acids is 1. The SMILES string of the molecule is CC(C)CC(=O)NCC(c1ccc(Cl)cc1)N1CCN(C)CC1.Cl. The Balaban J connectivity index is 0.00000288. The first-order chi connectivity index (χ1) is 11.0. The van der Waals surface area contributed by atoms with Gasteiger partial charge < -0.3 is 10.2 Å². The van der Waals surface area contributed by atoms with Gasteiger partial charge in [0.15, 0.2) is 0 Å². The van der Waals surface area contributed by atoms with E-state index in [0.717, 1.165) is 31.2 Å². The average molecular weight is 374 g/mol. The van der Waals surface area contributed by atoms with Crippen LogP contribution in [0.3, 0.4) is 0 Å². The number of benzene rings is 1. The molecule has 1 unspecified atom stereocenters. The number of nitrogens with one attached hydrogen (secondary N) is 1. The Morgan fingerprint density at radius 3 is 2.29 bits per heavy atom. The first-order valence-corrected chi connectivity index (χ1v) is 8.78. The Morgan fingerprint density at radius 2 is 1.75 bits per heavy atom. The summed E-state index contributed by atoms with van der Waals surface area (Å²) < 4.78 is 0. The molecule has 136 valence electrons. The van der Waals surface area contributed by atoms with Crippen molar-refractivity contribution in [2.75, 3.05) is 39.8 Å². The molecule has 1 heterocycles. The van der Waals surface area contributed by atoms with Gasteiger partial charge in [0.2, 0.25) is 5.91 Å². The molecule has 1 N–H and O–H groups in total. The van der Waals surface area contributed by atoms with E-state index in [-0.39, 0.29) is 24.4 Å². The topological polar surface area (TPSA) is 35.6 Å². The Hall–Kier alpha value is -0.810. The van der Waals surface area contributed by atoms with Crippen molar-refractivity contribution in [2.24, 2.45) is 5.92 Å². The van der Waals surface area contributed by atoms with E-state index in [1.807, 2.05) is 12.1 Å². The van der Waals surface area contributed by atoms with Gasteiger partial charge in [0.05, 0.1) is 6.04 Å². The smallest absolute Gasteiger partial charge is 0.220 e. The van der Waals surface area contributed by atoms with Gasteiger partial charge in [0.1, 0.15) is 0 Å². The molecule has 0 spiro atoms. The van der Waals surface area contributed by atoms with Gasteiger partial charge in [-0.3, -0.25) is 9.69 Å². The molecular weight excluding hydrogens is 345 g/mol. The van der Waals surface area contributed by atoms with Crippen LogP contribution in [-0.2, 0) is 4.79 Å². The second-order valence-electron chi connectivity index (χ2n) is 6.81. The molecule has 1 fully saturated rings. The van der Waals surface area contributed by atoms with Crippen LogP contribution in [0.1, 0.15) is 31.9 Å². The summed E-state index contributed by atoms with van der Waals surface area (Å²) in [6.45, 7) is 8.94. The fourth-order valence-electron chi connectivity index (χ4n) is 2.93. The molecular formula is C18H29Cl2N3O. The molecule has 0 aliphatic carbocycles. The normalized spacial score (nSPS) is 17.4. The molecule has 1 aromatic carbocycles. The van der Waals surface area contributed by atoms with E-state index in [9.17, 15) is 4.79 Å². The molecule has 24 heavy (non-hydrogen) atoms. The van der Waals surface area contributed by atoms with Crippen LogP contribution in [-0.4, -0.2) is 55.5 Å². The van der Waals surface area contributed by atoms with Gasteiger partial charge in [-0.25, -0.2) is 0 Å². The van der Waals surface area contributed by atoms with Crippen molar-refractivity contribution >= 4 is 29.9 Å². The van der Waals surface area contributed by atoms with Crippen molar-refractivity contribution in [1.82, 2.24) is 15.1 Å². The molecule has 1 amide bonds. The number of likely N-dealkylation sites (N-methyl/N-ethyl adjacent to an activating group) is 1. The van der Waals surface area contributed by atoms with Crippen molar-refractivity contribution in [1.29, 1.82) is 0 Å². The monoisotopic (exact) mass is 373 g/mol. The van der Waals surface area contributed by atoms with Crippen LogP contribution >= 0.6 is 24.0 Å². The maximum atomic E-state index is 12.0. The maximum Gasteiger partial charge on any atom is 0.220 e.